The van der Waals surface area contributed by atoms with Gasteiger partial charge in [0.05, 0.1) is 11.1 Å². The van der Waals surface area contributed by atoms with Crippen molar-refractivity contribution in [3.05, 3.63) is 96.5 Å². The van der Waals surface area contributed by atoms with Crippen LogP contribution in [0.1, 0.15) is 17.4 Å². The summed E-state index contributed by atoms with van der Waals surface area (Å²) < 4.78 is 42.4. The number of nitrogens with zero attached hydrogens (tertiary/aromatic N) is 1. The van der Waals surface area contributed by atoms with Gasteiger partial charge in [-0.15, -0.1) is 0 Å². The molecular weight excluding hydrogens is 445 g/mol. The lowest BCUT2D eigenvalue weighted by Gasteiger charge is -2.15. The number of halogens is 1. The molecular formula is C25H20FNO5S. The summed E-state index contributed by atoms with van der Waals surface area (Å²) in [6.45, 7) is 0. The average Bonchev–Trinajstić information content (AvgIpc) is 3.32. The van der Waals surface area contributed by atoms with Gasteiger partial charge in [0.15, 0.2) is 9.84 Å². The van der Waals surface area contributed by atoms with Gasteiger partial charge in [0.25, 0.3) is 0 Å². The standard InChI is InChI=1S/C25H20FNO5S/c1-33(30,31)20-9-5-18(6-10-20)22-14-16(15-23(25(28)29)24-27-12-13-32-24)2-11-21(22)17-3-7-19(26)8-4-17/h2-14,23H,15H2,1H3,(H,28,29). The smallest absolute Gasteiger partial charge is 0.316 e. The highest BCUT2D eigenvalue weighted by Crippen LogP contribution is 2.35. The molecule has 0 radical (unpaired) electrons. The first-order chi connectivity index (χ1) is 15.7. The van der Waals surface area contributed by atoms with Crippen LogP contribution in [0.5, 0.6) is 0 Å². The molecule has 0 saturated heterocycles. The van der Waals surface area contributed by atoms with Crippen LogP contribution in [0, 0.1) is 5.82 Å². The first kappa shape index (κ1) is 22.4. The fourth-order valence-corrected chi connectivity index (χ4v) is 4.27. The van der Waals surface area contributed by atoms with Crippen LogP contribution in [0.3, 0.4) is 0 Å². The third-order valence-corrected chi connectivity index (χ3v) is 6.45. The number of benzene rings is 3. The fourth-order valence-electron chi connectivity index (χ4n) is 3.64. The van der Waals surface area contributed by atoms with Gasteiger partial charge in [-0.25, -0.2) is 17.8 Å². The minimum absolute atomic E-state index is 0.115. The molecule has 0 amide bonds. The SMILES string of the molecule is CS(=O)(=O)c1ccc(-c2cc(CC(C(=O)O)c3ncco3)ccc2-c2ccc(F)cc2)cc1. The molecule has 4 aromatic rings. The number of rotatable bonds is 7. The van der Waals surface area contributed by atoms with Gasteiger partial charge in [0, 0.05) is 6.26 Å². The summed E-state index contributed by atoms with van der Waals surface area (Å²) in [6, 6.07) is 18.0. The Morgan fingerprint density at radius 3 is 2.21 bits per heavy atom. The van der Waals surface area contributed by atoms with E-state index in [1.165, 1.54) is 36.7 Å². The van der Waals surface area contributed by atoms with E-state index in [-0.39, 0.29) is 23.0 Å². The van der Waals surface area contributed by atoms with Gasteiger partial charge < -0.3 is 9.52 Å². The van der Waals surface area contributed by atoms with Crippen LogP contribution >= 0.6 is 0 Å². The molecule has 1 N–H and O–H groups in total. The van der Waals surface area contributed by atoms with Crippen molar-refractivity contribution in [1.82, 2.24) is 4.98 Å². The van der Waals surface area contributed by atoms with Crippen LogP contribution in [0.4, 0.5) is 4.39 Å². The Morgan fingerprint density at radius 2 is 1.64 bits per heavy atom. The third kappa shape index (κ3) is 5.01. The molecule has 33 heavy (non-hydrogen) atoms. The predicted octanol–water partition coefficient (Wildman–Crippen LogP) is 4.96. The number of aromatic nitrogens is 1. The van der Waals surface area contributed by atoms with E-state index in [0.29, 0.717) is 0 Å². The first-order valence-corrected chi connectivity index (χ1v) is 11.9. The largest absolute Gasteiger partial charge is 0.481 e. The van der Waals surface area contributed by atoms with E-state index >= 15 is 0 Å². The summed E-state index contributed by atoms with van der Waals surface area (Å²) in [5.41, 5.74) is 3.80. The van der Waals surface area contributed by atoms with Gasteiger partial charge >= 0.3 is 5.97 Å². The van der Waals surface area contributed by atoms with E-state index in [1.54, 1.807) is 24.3 Å². The molecule has 0 aliphatic carbocycles. The second-order valence-electron chi connectivity index (χ2n) is 7.65. The van der Waals surface area contributed by atoms with E-state index in [2.05, 4.69) is 4.98 Å². The van der Waals surface area contributed by atoms with Gasteiger partial charge in [-0.05, 0) is 58.5 Å². The van der Waals surface area contributed by atoms with Crippen molar-refractivity contribution in [2.45, 2.75) is 17.2 Å². The van der Waals surface area contributed by atoms with Crippen molar-refractivity contribution < 1.29 is 27.1 Å². The number of carboxylic acids is 1. The van der Waals surface area contributed by atoms with Crippen LogP contribution in [0.2, 0.25) is 0 Å². The lowest BCUT2D eigenvalue weighted by atomic mass is 9.90. The highest BCUT2D eigenvalue weighted by atomic mass is 32.2. The zero-order valence-corrected chi connectivity index (χ0v) is 18.4. The van der Waals surface area contributed by atoms with Crippen molar-refractivity contribution in [1.29, 1.82) is 0 Å². The maximum Gasteiger partial charge on any atom is 0.316 e. The highest BCUT2D eigenvalue weighted by Gasteiger charge is 2.25. The van der Waals surface area contributed by atoms with Crippen LogP contribution < -0.4 is 0 Å². The Kier molecular flexibility index (Phi) is 6.11. The monoisotopic (exact) mass is 465 g/mol. The molecule has 1 aromatic heterocycles. The zero-order chi connectivity index (χ0) is 23.6. The van der Waals surface area contributed by atoms with Gasteiger partial charge in [-0.1, -0.05) is 42.5 Å². The Morgan fingerprint density at radius 1 is 1.00 bits per heavy atom. The summed E-state index contributed by atoms with van der Waals surface area (Å²) >= 11 is 0. The molecule has 1 unspecified atom stereocenters. The number of carbonyl (C=O) groups is 1. The lowest BCUT2D eigenvalue weighted by molar-refractivity contribution is -0.139. The normalized spacial score (nSPS) is 12.4. The van der Waals surface area contributed by atoms with Crippen molar-refractivity contribution in [2.75, 3.05) is 6.26 Å². The number of oxazole rings is 1. The Balaban J connectivity index is 1.80. The third-order valence-electron chi connectivity index (χ3n) is 5.32. The molecule has 1 heterocycles. The minimum Gasteiger partial charge on any atom is -0.481 e. The quantitative estimate of drug-likeness (QED) is 0.414. The molecule has 0 aliphatic rings. The maximum atomic E-state index is 13.5. The fraction of sp³-hybridized carbons (Fsp3) is 0.120. The van der Waals surface area contributed by atoms with Gasteiger partial charge in [-0.2, -0.15) is 0 Å². The summed E-state index contributed by atoms with van der Waals surface area (Å²) in [5, 5.41) is 9.67. The van der Waals surface area contributed by atoms with Crippen molar-refractivity contribution in [3.8, 4) is 22.3 Å². The van der Waals surface area contributed by atoms with Crippen LogP contribution in [0.15, 0.2) is 88.5 Å². The topological polar surface area (TPSA) is 97.5 Å². The van der Waals surface area contributed by atoms with E-state index < -0.39 is 21.7 Å². The molecule has 0 spiro atoms. The molecule has 0 bridgehead atoms. The molecule has 0 saturated carbocycles. The molecule has 1 atom stereocenters. The van der Waals surface area contributed by atoms with Crippen molar-refractivity contribution in [3.63, 3.8) is 0 Å². The van der Waals surface area contributed by atoms with E-state index in [9.17, 15) is 22.7 Å². The molecule has 6 nitrogen and oxygen atoms in total. The Bertz CT molecular complexity index is 1380. The Hall–Kier alpha value is -3.78. The summed E-state index contributed by atoms with van der Waals surface area (Å²) in [6.07, 6.45) is 4.02. The van der Waals surface area contributed by atoms with Gasteiger partial charge in [-0.3, -0.25) is 4.79 Å². The molecule has 0 fully saturated rings. The van der Waals surface area contributed by atoms with Crippen LogP contribution in [0.25, 0.3) is 22.3 Å². The van der Waals surface area contributed by atoms with Crippen LogP contribution in [-0.4, -0.2) is 30.7 Å². The Labute approximate surface area is 190 Å². The number of aliphatic carboxylic acids is 1. The second-order valence-corrected chi connectivity index (χ2v) is 9.66. The highest BCUT2D eigenvalue weighted by molar-refractivity contribution is 7.90. The first-order valence-electron chi connectivity index (χ1n) is 10.0. The van der Waals surface area contributed by atoms with E-state index in [1.807, 2.05) is 18.2 Å². The molecule has 168 valence electrons. The van der Waals surface area contributed by atoms with Crippen LogP contribution in [-0.2, 0) is 21.1 Å². The van der Waals surface area contributed by atoms with Crippen molar-refractivity contribution in [2.24, 2.45) is 0 Å². The molecule has 8 heteroatoms. The molecule has 4 rings (SSSR count). The van der Waals surface area contributed by atoms with E-state index in [4.69, 9.17) is 4.42 Å². The predicted molar refractivity (Wildman–Crippen MR) is 121 cm³/mol. The van der Waals surface area contributed by atoms with Gasteiger partial charge in [0.2, 0.25) is 5.89 Å². The minimum atomic E-state index is -3.35. The van der Waals surface area contributed by atoms with Gasteiger partial charge in [0.1, 0.15) is 18.0 Å². The second kappa shape index (κ2) is 8.99. The lowest BCUT2D eigenvalue weighted by Crippen LogP contribution is -2.15. The maximum absolute atomic E-state index is 13.5. The number of hydrogen-bond donors (Lipinski definition) is 1. The van der Waals surface area contributed by atoms with Crippen molar-refractivity contribution >= 4 is 15.8 Å². The summed E-state index contributed by atoms with van der Waals surface area (Å²) in [4.78, 5) is 16.0. The molecule has 3 aromatic carbocycles. The number of carboxylic acid groups (broad SMARTS) is 1. The number of sulfone groups is 1. The number of hydrogen-bond acceptors (Lipinski definition) is 5. The molecule has 0 aliphatic heterocycles. The summed E-state index contributed by atoms with van der Waals surface area (Å²) in [5.74, 6) is -2.26. The zero-order valence-electron chi connectivity index (χ0n) is 17.6. The summed E-state index contributed by atoms with van der Waals surface area (Å²) in [7, 11) is -3.35. The van der Waals surface area contributed by atoms with E-state index in [0.717, 1.165) is 34.1 Å². The average molecular weight is 466 g/mol.